The lowest BCUT2D eigenvalue weighted by atomic mass is 10.0. The van der Waals surface area contributed by atoms with E-state index in [4.69, 9.17) is 0 Å². The highest BCUT2D eigenvalue weighted by atomic mass is 14.8. The first-order valence-electron chi connectivity index (χ1n) is 4.42. The Kier molecular flexibility index (Phi) is 5.01. The van der Waals surface area contributed by atoms with Crippen molar-refractivity contribution in [2.24, 2.45) is 5.92 Å². The molecule has 0 spiro atoms. The van der Waals surface area contributed by atoms with E-state index in [2.05, 4.69) is 33.0 Å². The van der Waals surface area contributed by atoms with Crippen LogP contribution in [-0.4, -0.2) is 7.05 Å². The fraction of sp³-hybridized carbons (Fsp3) is 0.800. The molecular weight excluding hydrogens is 134 g/mol. The van der Waals surface area contributed by atoms with Gasteiger partial charge in [-0.25, -0.2) is 0 Å². The van der Waals surface area contributed by atoms with Gasteiger partial charge in [-0.15, -0.1) is 0 Å². The number of rotatable bonds is 4. The molecule has 0 radical (unpaired) electrons. The van der Waals surface area contributed by atoms with Crippen LogP contribution >= 0.6 is 0 Å². The van der Waals surface area contributed by atoms with Crippen LogP contribution in [0.1, 0.15) is 40.5 Å². The van der Waals surface area contributed by atoms with Crippen molar-refractivity contribution in [3.05, 3.63) is 11.3 Å². The van der Waals surface area contributed by atoms with Crippen LogP contribution in [0.15, 0.2) is 11.3 Å². The largest absolute Gasteiger partial charge is 0.392 e. The van der Waals surface area contributed by atoms with Crippen molar-refractivity contribution in [2.45, 2.75) is 40.5 Å². The van der Waals surface area contributed by atoms with Gasteiger partial charge in [-0.1, -0.05) is 19.4 Å². The van der Waals surface area contributed by atoms with Crippen LogP contribution in [0.4, 0.5) is 0 Å². The molecular formula is C10H21N. The van der Waals surface area contributed by atoms with E-state index in [0.29, 0.717) is 0 Å². The summed E-state index contributed by atoms with van der Waals surface area (Å²) in [5, 5.41) is 3.17. The molecule has 0 aliphatic rings. The predicted molar refractivity (Wildman–Crippen MR) is 51.5 cm³/mol. The van der Waals surface area contributed by atoms with Crippen LogP contribution < -0.4 is 5.32 Å². The van der Waals surface area contributed by atoms with Gasteiger partial charge in [-0.2, -0.15) is 0 Å². The summed E-state index contributed by atoms with van der Waals surface area (Å²) in [5.41, 5.74) is 2.81. The Morgan fingerprint density at radius 3 is 2.18 bits per heavy atom. The number of hydrogen-bond acceptors (Lipinski definition) is 1. The molecule has 0 bridgehead atoms. The average Bonchev–Trinajstić information content (AvgIpc) is 1.98. The van der Waals surface area contributed by atoms with Gasteiger partial charge in [0.1, 0.15) is 0 Å². The maximum Gasteiger partial charge on any atom is 0.00615 e. The molecule has 0 amide bonds. The van der Waals surface area contributed by atoms with E-state index in [1.807, 2.05) is 7.05 Å². The highest BCUT2D eigenvalue weighted by molar-refractivity contribution is 5.06. The summed E-state index contributed by atoms with van der Waals surface area (Å²) in [4.78, 5) is 0. The number of allylic oxidation sites excluding steroid dienone is 2. The molecule has 0 rings (SSSR count). The minimum absolute atomic E-state index is 0.814. The van der Waals surface area contributed by atoms with Gasteiger partial charge in [0, 0.05) is 12.7 Å². The Morgan fingerprint density at radius 1 is 1.27 bits per heavy atom. The van der Waals surface area contributed by atoms with Gasteiger partial charge in [-0.05, 0) is 32.6 Å². The summed E-state index contributed by atoms with van der Waals surface area (Å²) in [5.74, 6) is 0.814. The lowest BCUT2D eigenvalue weighted by molar-refractivity contribution is 0.581. The summed E-state index contributed by atoms with van der Waals surface area (Å²) in [6.45, 7) is 8.87. The summed E-state index contributed by atoms with van der Waals surface area (Å²) in [6, 6.07) is 0. The molecule has 0 aromatic carbocycles. The van der Waals surface area contributed by atoms with Gasteiger partial charge >= 0.3 is 0 Å². The van der Waals surface area contributed by atoms with Crippen LogP contribution in [0.2, 0.25) is 0 Å². The van der Waals surface area contributed by atoms with Gasteiger partial charge in [0.05, 0.1) is 0 Å². The number of nitrogens with one attached hydrogen (secondary N) is 1. The summed E-state index contributed by atoms with van der Waals surface area (Å²) in [7, 11) is 1.98. The van der Waals surface area contributed by atoms with Crippen molar-refractivity contribution >= 4 is 0 Å². The second-order valence-electron chi connectivity index (χ2n) is 3.59. The predicted octanol–water partition coefficient (Wildman–Crippen LogP) is 2.94. The minimum atomic E-state index is 0.814. The fourth-order valence-electron chi connectivity index (χ4n) is 0.906. The Bertz CT molecular complexity index is 134. The molecule has 1 nitrogen and oxygen atoms in total. The van der Waals surface area contributed by atoms with Crippen LogP contribution in [0.3, 0.4) is 0 Å². The smallest absolute Gasteiger partial charge is 0.00615 e. The van der Waals surface area contributed by atoms with Crippen LogP contribution in [0.5, 0.6) is 0 Å². The standard InChI is InChI=1S/C10H21N/c1-8(2)6-7-9(3)10(4)11-5/h8,11H,6-7H2,1-5H3/b10-9+. The Morgan fingerprint density at radius 2 is 1.82 bits per heavy atom. The fourth-order valence-corrected chi connectivity index (χ4v) is 0.906. The Hall–Kier alpha value is -0.460. The third-order valence-corrected chi connectivity index (χ3v) is 2.11. The highest BCUT2D eigenvalue weighted by Crippen LogP contribution is 2.12. The zero-order valence-electron chi connectivity index (χ0n) is 8.49. The normalized spacial score (nSPS) is 13.3. The molecule has 0 aromatic heterocycles. The van der Waals surface area contributed by atoms with Crippen molar-refractivity contribution in [2.75, 3.05) is 7.05 Å². The topological polar surface area (TPSA) is 12.0 Å². The van der Waals surface area contributed by atoms with E-state index in [-0.39, 0.29) is 0 Å². The van der Waals surface area contributed by atoms with Gasteiger partial charge in [0.25, 0.3) is 0 Å². The van der Waals surface area contributed by atoms with Crippen molar-refractivity contribution in [3.8, 4) is 0 Å². The van der Waals surface area contributed by atoms with E-state index in [1.54, 1.807) is 0 Å². The van der Waals surface area contributed by atoms with Gasteiger partial charge in [0.15, 0.2) is 0 Å². The molecule has 0 aliphatic heterocycles. The maximum atomic E-state index is 3.17. The first-order chi connectivity index (χ1) is 5.07. The zero-order valence-corrected chi connectivity index (χ0v) is 8.49. The van der Waals surface area contributed by atoms with Gasteiger partial charge < -0.3 is 5.32 Å². The van der Waals surface area contributed by atoms with Crippen LogP contribution in [0.25, 0.3) is 0 Å². The molecule has 0 aliphatic carbocycles. The lowest BCUT2D eigenvalue weighted by Crippen LogP contribution is -2.04. The van der Waals surface area contributed by atoms with Crippen molar-refractivity contribution < 1.29 is 0 Å². The van der Waals surface area contributed by atoms with E-state index in [9.17, 15) is 0 Å². The second kappa shape index (κ2) is 5.22. The summed E-state index contributed by atoms with van der Waals surface area (Å²) < 4.78 is 0. The molecule has 0 fully saturated rings. The zero-order chi connectivity index (χ0) is 8.85. The molecule has 66 valence electrons. The molecule has 1 heteroatoms. The van der Waals surface area contributed by atoms with E-state index in [0.717, 1.165) is 5.92 Å². The third-order valence-electron chi connectivity index (χ3n) is 2.11. The monoisotopic (exact) mass is 155 g/mol. The molecule has 11 heavy (non-hydrogen) atoms. The van der Waals surface area contributed by atoms with Gasteiger partial charge in [0.2, 0.25) is 0 Å². The Balaban J connectivity index is 3.76. The quantitative estimate of drug-likeness (QED) is 0.658. The molecule has 0 heterocycles. The molecule has 1 N–H and O–H groups in total. The van der Waals surface area contributed by atoms with Crippen molar-refractivity contribution in [1.82, 2.24) is 5.32 Å². The van der Waals surface area contributed by atoms with E-state index < -0.39 is 0 Å². The molecule has 0 aromatic rings. The highest BCUT2D eigenvalue weighted by Gasteiger charge is 1.97. The average molecular weight is 155 g/mol. The minimum Gasteiger partial charge on any atom is -0.392 e. The first kappa shape index (κ1) is 10.5. The van der Waals surface area contributed by atoms with Crippen LogP contribution in [-0.2, 0) is 0 Å². The second-order valence-corrected chi connectivity index (χ2v) is 3.59. The molecule has 0 atom stereocenters. The van der Waals surface area contributed by atoms with Crippen molar-refractivity contribution in [1.29, 1.82) is 0 Å². The number of hydrogen-bond donors (Lipinski definition) is 1. The lowest BCUT2D eigenvalue weighted by Gasteiger charge is -2.08. The van der Waals surface area contributed by atoms with Crippen molar-refractivity contribution in [3.63, 3.8) is 0 Å². The summed E-state index contributed by atoms with van der Waals surface area (Å²) >= 11 is 0. The molecule has 0 unspecified atom stereocenters. The van der Waals surface area contributed by atoms with Crippen LogP contribution in [0, 0.1) is 5.92 Å². The third kappa shape index (κ3) is 4.88. The van der Waals surface area contributed by atoms with E-state index >= 15 is 0 Å². The molecule has 0 saturated carbocycles. The summed E-state index contributed by atoms with van der Waals surface area (Å²) in [6.07, 6.45) is 2.52. The van der Waals surface area contributed by atoms with E-state index in [1.165, 1.54) is 24.1 Å². The molecule has 0 saturated heterocycles. The SMILES string of the molecule is CN/C(C)=C(\C)CCC(C)C. The van der Waals surface area contributed by atoms with Gasteiger partial charge in [-0.3, -0.25) is 0 Å². The first-order valence-corrected chi connectivity index (χ1v) is 4.42. The maximum absolute atomic E-state index is 3.17. The Labute approximate surface area is 70.9 Å².